The second-order valence-electron chi connectivity index (χ2n) is 3.25. The molecule has 0 heterocycles. The maximum Gasteiger partial charge on any atom is 0.0722 e. The van der Waals surface area contributed by atoms with Crippen molar-refractivity contribution >= 4 is 34.2 Å². The molecule has 0 saturated carbocycles. The lowest BCUT2D eigenvalue weighted by Gasteiger charge is -2.16. The fraction of sp³-hybridized carbons (Fsp3) is 0.400. The molecule has 0 aliphatic carbocycles. The van der Waals surface area contributed by atoms with Crippen LogP contribution in [0.4, 0.5) is 0 Å². The lowest BCUT2D eigenvalue weighted by molar-refractivity contribution is 0.407. The largest absolute Gasteiger partial charge is 0.308 e. The van der Waals surface area contributed by atoms with E-state index in [1.54, 1.807) is 0 Å². The van der Waals surface area contributed by atoms with Crippen molar-refractivity contribution < 1.29 is 0 Å². The number of rotatable bonds is 3. The van der Waals surface area contributed by atoms with Gasteiger partial charge in [-0.2, -0.15) is 0 Å². The van der Waals surface area contributed by atoms with E-state index in [9.17, 15) is 0 Å². The highest BCUT2D eigenvalue weighted by molar-refractivity contribution is 14.1. The molecule has 1 rings (SSSR count). The second-order valence-corrected chi connectivity index (χ2v) is 4.94. The number of alkyl halides is 1. The molecule has 0 saturated heterocycles. The molecule has 0 bridgehead atoms. The van der Waals surface area contributed by atoms with Crippen molar-refractivity contribution in [3.63, 3.8) is 0 Å². The molecule has 0 aliphatic heterocycles. The van der Waals surface area contributed by atoms with Crippen molar-refractivity contribution in [1.82, 2.24) is 4.90 Å². The Bertz CT molecular complexity index is 275. The predicted octanol–water partition coefficient (Wildman–Crippen LogP) is 3.13. The molecule has 72 valence electrons. The minimum atomic E-state index is 0.0862. The van der Waals surface area contributed by atoms with Crippen molar-refractivity contribution in [2.45, 2.75) is 5.38 Å². The van der Waals surface area contributed by atoms with E-state index in [0.717, 1.165) is 6.54 Å². The maximum absolute atomic E-state index is 6.26. The van der Waals surface area contributed by atoms with E-state index in [0.29, 0.717) is 0 Å². The lowest BCUT2D eigenvalue weighted by Crippen LogP contribution is -2.17. The molecule has 1 aromatic carbocycles. The molecule has 0 fully saturated rings. The number of halogens is 2. The first-order valence-electron chi connectivity index (χ1n) is 4.14. The zero-order valence-electron chi connectivity index (χ0n) is 7.80. The molecule has 1 nitrogen and oxygen atoms in total. The first-order valence-corrected chi connectivity index (χ1v) is 5.66. The van der Waals surface area contributed by atoms with Crippen molar-refractivity contribution in [1.29, 1.82) is 0 Å². The molecular formula is C10H13ClIN. The minimum Gasteiger partial charge on any atom is -0.308 e. The Morgan fingerprint density at radius 1 is 1.38 bits per heavy atom. The Balaban J connectivity index is 2.76. The highest BCUT2D eigenvalue weighted by Gasteiger charge is 2.11. The van der Waals surface area contributed by atoms with Crippen LogP contribution in [0.3, 0.4) is 0 Å². The van der Waals surface area contributed by atoms with E-state index >= 15 is 0 Å². The molecule has 0 N–H and O–H groups in total. The standard InChI is InChI=1S/C10H13ClIN/c1-13(2)7-9(11)8-5-3-4-6-10(8)12/h3-6,9H,7H2,1-2H3/t9-/m0/s1. The number of hydrogen-bond donors (Lipinski definition) is 0. The van der Waals surface area contributed by atoms with E-state index < -0.39 is 0 Å². The Morgan fingerprint density at radius 3 is 2.54 bits per heavy atom. The van der Waals surface area contributed by atoms with E-state index in [1.165, 1.54) is 9.13 Å². The summed E-state index contributed by atoms with van der Waals surface area (Å²) in [5, 5.41) is 0.0862. The number of hydrogen-bond acceptors (Lipinski definition) is 1. The molecule has 0 aliphatic rings. The van der Waals surface area contributed by atoms with E-state index in [1.807, 2.05) is 26.2 Å². The van der Waals surface area contributed by atoms with Crippen LogP contribution in [-0.4, -0.2) is 25.5 Å². The van der Waals surface area contributed by atoms with Crippen LogP contribution < -0.4 is 0 Å². The lowest BCUT2D eigenvalue weighted by atomic mass is 10.1. The number of likely N-dealkylation sites (N-methyl/N-ethyl adjacent to an activating group) is 1. The van der Waals surface area contributed by atoms with Gasteiger partial charge in [-0.05, 0) is 48.3 Å². The monoisotopic (exact) mass is 309 g/mol. The van der Waals surface area contributed by atoms with Gasteiger partial charge in [-0.15, -0.1) is 11.6 Å². The summed E-state index contributed by atoms with van der Waals surface area (Å²) in [6.07, 6.45) is 0. The van der Waals surface area contributed by atoms with Crippen LogP contribution in [0.1, 0.15) is 10.9 Å². The normalized spacial score (nSPS) is 13.3. The van der Waals surface area contributed by atoms with Crippen molar-refractivity contribution in [2.24, 2.45) is 0 Å². The molecule has 1 aromatic rings. The molecule has 13 heavy (non-hydrogen) atoms. The quantitative estimate of drug-likeness (QED) is 0.612. The van der Waals surface area contributed by atoms with Gasteiger partial charge < -0.3 is 4.90 Å². The Hall–Kier alpha value is 0.200. The third kappa shape index (κ3) is 3.44. The summed E-state index contributed by atoms with van der Waals surface area (Å²) in [6, 6.07) is 8.23. The average molecular weight is 310 g/mol. The van der Waals surface area contributed by atoms with Crippen LogP contribution in [0.15, 0.2) is 24.3 Å². The molecule has 1 atom stereocenters. The van der Waals surface area contributed by atoms with Gasteiger partial charge in [0, 0.05) is 10.1 Å². The van der Waals surface area contributed by atoms with Gasteiger partial charge in [0.2, 0.25) is 0 Å². The maximum atomic E-state index is 6.26. The van der Waals surface area contributed by atoms with Crippen LogP contribution in [0, 0.1) is 3.57 Å². The zero-order valence-corrected chi connectivity index (χ0v) is 10.7. The fourth-order valence-corrected chi connectivity index (χ4v) is 2.56. The first kappa shape index (κ1) is 11.3. The summed E-state index contributed by atoms with van der Waals surface area (Å²) >= 11 is 8.58. The Labute approximate surface area is 98.2 Å². The molecule has 0 spiro atoms. The summed E-state index contributed by atoms with van der Waals surface area (Å²) < 4.78 is 1.24. The zero-order chi connectivity index (χ0) is 9.84. The smallest absolute Gasteiger partial charge is 0.0722 e. The highest BCUT2D eigenvalue weighted by Crippen LogP contribution is 2.25. The summed E-state index contributed by atoms with van der Waals surface area (Å²) in [6.45, 7) is 0.877. The van der Waals surface area contributed by atoms with E-state index in [2.05, 4.69) is 39.6 Å². The summed E-state index contributed by atoms with van der Waals surface area (Å²) in [5.74, 6) is 0. The van der Waals surface area contributed by atoms with E-state index in [4.69, 9.17) is 11.6 Å². The van der Waals surface area contributed by atoms with Gasteiger partial charge >= 0.3 is 0 Å². The third-order valence-corrected chi connectivity index (χ3v) is 3.12. The minimum absolute atomic E-state index is 0.0862. The highest BCUT2D eigenvalue weighted by atomic mass is 127. The Kier molecular flexibility index (Phi) is 4.49. The van der Waals surface area contributed by atoms with Gasteiger partial charge in [0.15, 0.2) is 0 Å². The van der Waals surface area contributed by atoms with Gasteiger partial charge in [0.1, 0.15) is 0 Å². The van der Waals surface area contributed by atoms with Crippen molar-refractivity contribution in [3.8, 4) is 0 Å². The fourth-order valence-electron chi connectivity index (χ4n) is 1.15. The van der Waals surface area contributed by atoms with E-state index in [-0.39, 0.29) is 5.38 Å². The average Bonchev–Trinajstić information content (AvgIpc) is 2.03. The van der Waals surface area contributed by atoms with Gasteiger partial charge in [0.25, 0.3) is 0 Å². The summed E-state index contributed by atoms with van der Waals surface area (Å²) in [7, 11) is 4.07. The number of nitrogens with zero attached hydrogens (tertiary/aromatic N) is 1. The molecule has 0 aromatic heterocycles. The predicted molar refractivity (Wildman–Crippen MR) is 66.3 cm³/mol. The molecular weight excluding hydrogens is 296 g/mol. The van der Waals surface area contributed by atoms with Crippen molar-refractivity contribution in [2.75, 3.05) is 20.6 Å². The molecule has 0 amide bonds. The molecule has 0 radical (unpaired) electrons. The first-order chi connectivity index (χ1) is 6.11. The van der Waals surface area contributed by atoms with Gasteiger partial charge in [-0.3, -0.25) is 0 Å². The van der Waals surface area contributed by atoms with Gasteiger partial charge in [-0.1, -0.05) is 18.2 Å². The van der Waals surface area contributed by atoms with Crippen LogP contribution in [0.2, 0.25) is 0 Å². The van der Waals surface area contributed by atoms with Gasteiger partial charge in [0.05, 0.1) is 5.38 Å². The van der Waals surface area contributed by atoms with Crippen LogP contribution in [0.5, 0.6) is 0 Å². The number of benzene rings is 1. The topological polar surface area (TPSA) is 3.24 Å². The van der Waals surface area contributed by atoms with Crippen LogP contribution >= 0.6 is 34.2 Å². The second kappa shape index (κ2) is 5.17. The molecule has 3 heteroatoms. The van der Waals surface area contributed by atoms with Crippen LogP contribution in [-0.2, 0) is 0 Å². The molecule has 0 unspecified atom stereocenters. The Morgan fingerprint density at radius 2 is 2.00 bits per heavy atom. The summed E-state index contributed by atoms with van der Waals surface area (Å²) in [5.41, 5.74) is 1.22. The van der Waals surface area contributed by atoms with Gasteiger partial charge in [-0.25, -0.2) is 0 Å². The SMILES string of the molecule is CN(C)C[C@H](Cl)c1ccccc1I. The summed E-state index contributed by atoms with van der Waals surface area (Å²) in [4.78, 5) is 2.10. The third-order valence-electron chi connectivity index (χ3n) is 1.77. The van der Waals surface area contributed by atoms with Crippen molar-refractivity contribution in [3.05, 3.63) is 33.4 Å². The van der Waals surface area contributed by atoms with Crippen LogP contribution in [0.25, 0.3) is 0 Å².